The van der Waals surface area contributed by atoms with E-state index in [1.54, 1.807) is 29.2 Å². The molecule has 10 nitrogen and oxygen atoms in total. The number of aromatic nitrogens is 5. The van der Waals surface area contributed by atoms with Gasteiger partial charge in [-0.3, -0.25) is 14.3 Å². The number of carbonyl (C=O) groups is 1. The molecule has 0 amide bonds. The van der Waals surface area contributed by atoms with Crippen LogP contribution in [-0.2, 0) is 4.74 Å². The van der Waals surface area contributed by atoms with Crippen LogP contribution in [0.1, 0.15) is 28.7 Å². The van der Waals surface area contributed by atoms with Gasteiger partial charge in [0, 0.05) is 36.3 Å². The highest BCUT2D eigenvalue weighted by Crippen LogP contribution is 2.33. The highest BCUT2D eigenvalue weighted by Gasteiger charge is 2.29. The van der Waals surface area contributed by atoms with E-state index in [1.165, 1.54) is 6.92 Å². The number of aryl methyl sites for hydroxylation is 1. The van der Waals surface area contributed by atoms with Crippen molar-refractivity contribution in [3.05, 3.63) is 58.1 Å². The second kappa shape index (κ2) is 9.37. The fourth-order valence-electron chi connectivity index (χ4n) is 4.96. The summed E-state index contributed by atoms with van der Waals surface area (Å²) in [4.78, 5) is 26.7. The average molecular weight is 561 g/mol. The van der Waals surface area contributed by atoms with E-state index >= 15 is 0 Å². The fourth-order valence-corrected chi connectivity index (χ4v) is 5.54. The second-order valence-electron chi connectivity index (χ2n) is 9.41. The molecule has 0 unspecified atom stereocenters. The van der Waals surface area contributed by atoms with Crippen molar-refractivity contribution in [2.75, 3.05) is 44.3 Å². The molecule has 0 saturated carbocycles. The van der Waals surface area contributed by atoms with Gasteiger partial charge in [-0.25, -0.2) is 14.6 Å². The normalized spacial score (nSPS) is 16.6. The lowest BCUT2D eigenvalue weighted by Gasteiger charge is -2.43. The molecule has 0 bridgehead atoms. The highest BCUT2D eigenvalue weighted by atomic mass is 79.9. The summed E-state index contributed by atoms with van der Waals surface area (Å²) in [6.45, 7) is 8.95. The number of ketones is 1. The van der Waals surface area contributed by atoms with E-state index in [2.05, 4.69) is 47.9 Å². The number of ether oxygens (including phenoxy) is 1. The van der Waals surface area contributed by atoms with Gasteiger partial charge in [-0.2, -0.15) is 10.4 Å². The summed E-state index contributed by atoms with van der Waals surface area (Å²) in [5.74, 6) is 0.860. The lowest BCUT2D eigenvalue weighted by atomic mass is 10.1. The first-order valence-corrected chi connectivity index (χ1v) is 12.9. The minimum atomic E-state index is -0.129. The number of benzene rings is 1. The minimum absolute atomic E-state index is 0.129. The number of Topliss-reactive ketones (excluding diaryl/α,β-unsaturated/α-hetero) is 1. The Balaban J connectivity index is 1.35. The van der Waals surface area contributed by atoms with Crippen LogP contribution < -0.4 is 4.90 Å². The van der Waals surface area contributed by atoms with Crippen LogP contribution in [0.2, 0.25) is 0 Å². The Labute approximate surface area is 222 Å². The van der Waals surface area contributed by atoms with Crippen molar-refractivity contribution in [2.45, 2.75) is 19.9 Å². The van der Waals surface area contributed by atoms with E-state index < -0.39 is 0 Å². The van der Waals surface area contributed by atoms with Crippen molar-refractivity contribution in [2.24, 2.45) is 0 Å². The molecular weight excluding hydrogens is 536 g/mol. The number of halogens is 1. The summed E-state index contributed by atoms with van der Waals surface area (Å²) in [6, 6.07) is 12.0. The quantitative estimate of drug-likeness (QED) is 0.342. The lowest BCUT2D eigenvalue weighted by molar-refractivity contribution is -0.0660. The molecule has 0 aliphatic carbocycles. The molecule has 11 heteroatoms. The van der Waals surface area contributed by atoms with Crippen molar-refractivity contribution in [3.63, 3.8) is 0 Å². The van der Waals surface area contributed by atoms with Crippen molar-refractivity contribution >= 4 is 38.4 Å². The number of pyridine rings is 1. The second-order valence-corrected chi connectivity index (χ2v) is 10.3. The molecule has 3 aromatic heterocycles. The molecule has 2 saturated heterocycles. The van der Waals surface area contributed by atoms with Gasteiger partial charge in [0.25, 0.3) is 0 Å². The van der Waals surface area contributed by atoms with Crippen LogP contribution in [0.5, 0.6) is 0 Å². The van der Waals surface area contributed by atoms with Gasteiger partial charge in [0.15, 0.2) is 17.3 Å². The predicted octanol–water partition coefficient (Wildman–Crippen LogP) is 3.27. The molecule has 188 valence electrons. The van der Waals surface area contributed by atoms with Crippen LogP contribution in [-0.4, -0.2) is 80.4 Å². The Bertz CT molecular complexity index is 1560. The Morgan fingerprint density at radius 1 is 1.16 bits per heavy atom. The van der Waals surface area contributed by atoms with Crippen LogP contribution in [0.3, 0.4) is 0 Å². The standard InChI is InChI=1S/C26H25BrN8O2/c1-16-9-18(12-28)31-35(16)26-20(17(2)36)3-4-25(30-26)34-15-29-22-11-23(21(27)10-24(22)34)33-7-5-32(6-8-33)19-13-37-14-19/h3-4,9-11,15,19H,5-8,13-14H2,1-2H3. The van der Waals surface area contributed by atoms with Crippen LogP contribution in [0.25, 0.3) is 22.7 Å². The van der Waals surface area contributed by atoms with Gasteiger partial charge >= 0.3 is 0 Å². The topological polar surface area (TPSA) is 105 Å². The van der Waals surface area contributed by atoms with Gasteiger partial charge in [-0.15, -0.1) is 0 Å². The van der Waals surface area contributed by atoms with Gasteiger partial charge in [-0.05, 0) is 60.1 Å². The molecule has 2 fully saturated rings. The summed E-state index contributed by atoms with van der Waals surface area (Å²) >= 11 is 3.79. The van der Waals surface area contributed by atoms with E-state index in [0.29, 0.717) is 23.2 Å². The lowest BCUT2D eigenvalue weighted by Crippen LogP contribution is -2.56. The van der Waals surface area contributed by atoms with Crippen molar-refractivity contribution in [1.82, 2.24) is 29.2 Å². The summed E-state index contributed by atoms with van der Waals surface area (Å²) in [5.41, 5.74) is 4.29. The SMILES string of the molecule is CC(=O)c1ccc(-n2cnc3cc(N4CCN(C5COC5)CC4)c(Br)cc32)nc1-n1nc(C#N)cc1C. The van der Waals surface area contributed by atoms with E-state index in [9.17, 15) is 10.1 Å². The molecular formula is C26H25BrN8O2. The van der Waals surface area contributed by atoms with Gasteiger partial charge in [0.05, 0.1) is 41.5 Å². The van der Waals surface area contributed by atoms with Crippen LogP contribution >= 0.6 is 15.9 Å². The predicted molar refractivity (Wildman–Crippen MR) is 142 cm³/mol. The van der Waals surface area contributed by atoms with E-state index in [1.807, 2.05) is 17.6 Å². The molecule has 0 radical (unpaired) electrons. The Kier molecular flexibility index (Phi) is 6.03. The number of carbonyl (C=O) groups excluding carboxylic acids is 1. The summed E-state index contributed by atoms with van der Waals surface area (Å²) in [6.07, 6.45) is 1.74. The highest BCUT2D eigenvalue weighted by molar-refractivity contribution is 9.10. The van der Waals surface area contributed by atoms with E-state index in [4.69, 9.17) is 9.72 Å². The molecule has 0 atom stereocenters. The molecule has 1 aromatic carbocycles. The first-order chi connectivity index (χ1) is 17.9. The maximum absolute atomic E-state index is 12.4. The maximum atomic E-state index is 12.4. The van der Waals surface area contributed by atoms with Crippen molar-refractivity contribution in [3.8, 4) is 17.7 Å². The fraction of sp³-hybridized carbons (Fsp3) is 0.346. The summed E-state index contributed by atoms with van der Waals surface area (Å²) in [5, 5.41) is 13.6. The smallest absolute Gasteiger partial charge is 0.166 e. The zero-order valence-electron chi connectivity index (χ0n) is 20.6. The summed E-state index contributed by atoms with van der Waals surface area (Å²) < 4.78 is 9.79. The number of imidazole rings is 1. The average Bonchev–Trinajstić information content (AvgIpc) is 3.45. The number of nitriles is 1. The first-order valence-electron chi connectivity index (χ1n) is 12.2. The van der Waals surface area contributed by atoms with Crippen LogP contribution in [0.15, 0.2) is 41.1 Å². The molecule has 0 spiro atoms. The Hall–Kier alpha value is -3.59. The van der Waals surface area contributed by atoms with Crippen LogP contribution in [0.4, 0.5) is 5.69 Å². The Morgan fingerprint density at radius 3 is 2.59 bits per heavy atom. The molecule has 37 heavy (non-hydrogen) atoms. The van der Waals surface area contributed by atoms with E-state index in [-0.39, 0.29) is 11.5 Å². The summed E-state index contributed by atoms with van der Waals surface area (Å²) in [7, 11) is 0. The zero-order chi connectivity index (χ0) is 25.7. The number of nitrogens with zero attached hydrogens (tertiary/aromatic N) is 8. The van der Waals surface area contributed by atoms with Gasteiger partial charge in [-0.1, -0.05) is 0 Å². The largest absolute Gasteiger partial charge is 0.378 e. The van der Waals surface area contributed by atoms with Crippen molar-refractivity contribution in [1.29, 1.82) is 5.26 Å². The zero-order valence-corrected chi connectivity index (χ0v) is 22.1. The number of fused-ring (bicyclic) bond motifs is 1. The minimum Gasteiger partial charge on any atom is -0.378 e. The van der Waals surface area contributed by atoms with Gasteiger partial charge in [0.1, 0.15) is 18.2 Å². The third-order valence-corrected chi connectivity index (χ3v) is 7.73. The van der Waals surface area contributed by atoms with Gasteiger partial charge < -0.3 is 9.64 Å². The number of hydrogen-bond acceptors (Lipinski definition) is 8. The van der Waals surface area contributed by atoms with Crippen LogP contribution in [0, 0.1) is 18.3 Å². The van der Waals surface area contributed by atoms with E-state index in [0.717, 1.165) is 66.3 Å². The molecule has 0 N–H and O–H groups in total. The third kappa shape index (κ3) is 4.21. The maximum Gasteiger partial charge on any atom is 0.166 e. The van der Waals surface area contributed by atoms with Crippen molar-refractivity contribution < 1.29 is 9.53 Å². The number of anilines is 1. The number of rotatable bonds is 5. The molecule has 4 aromatic rings. The molecule has 6 rings (SSSR count). The molecule has 2 aliphatic heterocycles. The Morgan fingerprint density at radius 2 is 1.95 bits per heavy atom. The molecule has 5 heterocycles. The third-order valence-electron chi connectivity index (χ3n) is 7.10. The monoisotopic (exact) mass is 560 g/mol. The molecule has 2 aliphatic rings. The number of hydrogen-bond donors (Lipinski definition) is 0. The van der Waals surface area contributed by atoms with Gasteiger partial charge in [0.2, 0.25) is 0 Å². The number of piperazine rings is 1. The first kappa shape index (κ1) is 23.8.